The molecule has 1 aromatic carbocycles. The Kier molecular flexibility index (Phi) is 7.98. The fourth-order valence-electron chi connectivity index (χ4n) is 1.77. The van der Waals surface area contributed by atoms with Crippen LogP contribution in [0.25, 0.3) is 0 Å². The third-order valence-electron chi connectivity index (χ3n) is 3.28. The van der Waals surface area contributed by atoms with Crippen LogP contribution in [0, 0.1) is 5.92 Å². The molecule has 1 atom stereocenters. The molecule has 0 aromatic heterocycles. The average Bonchev–Trinajstić information content (AvgIpc) is 2.51. The maximum absolute atomic E-state index is 11.8. The van der Waals surface area contributed by atoms with Crippen molar-refractivity contribution in [2.75, 3.05) is 23.9 Å². The van der Waals surface area contributed by atoms with Gasteiger partial charge in [-0.05, 0) is 42.0 Å². The van der Waals surface area contributed by atoms with E-state index in [9.17, 15) is 9.59 Å². The Labute approximate surface area is 136 Å². The number of benzene rings is 1. The van der Waals surface area contributed by atoms with Gasteiger partial charge >= 0.3 is 0 Å². The first kappa shape index (κ1) is 18.5. The third-order valence-corrected chi connectivity index (χ3v) is 3.89. The molecule has 0 heterocycles. The minimum absolute atomic E-state index is 0.0388. The van der Waals surface area contributed by atoms with Crippen LogP contribution >= 0.6 is 11.8 Å². The number of nitrogens with one attached hydrogen (secondary N) is 2. The smallest absolute Gasteiger partial charge is 0.243 e. The molecule has 0 fully saturated rings. The standard InChI is InChI=1S/C16H25N3O2S/c1-11(2)15(17)16(21)18-10-14(20)19-13-6-4-12(5-7-13)8-9-22-3/h4-7,11,15H,8-10,17H2,1-3H3,(H,18,21)(H,19,20)/t15-/m0/s1. The molecule has 0 saturated heterocycles. The van der Waals surface area contributed by atoms with Gasteiger partial charge in [0.25, 0.3) is 0 Å². The normalized spacial score (nSPS) is 12.0. The number of rotatable bonds is 8. The molecule has 0 spiro atoms. The predicted octanol–water partition coefficient (Wildman–Crippen LogP) is 1.63. The fourth-order valence-corrected chi connectivity index (χ4v) is 2.21. The summed E-state index contributed by atoms with van der Waals surface area (Å²) in [6, 6.07) is 7.14. The van der Waals surface area contributed by atoms with Crippen LogP contribution in [0.5, 0.6) is 0 Å². The van der Waals surface area contributed by atoms with E-state index in [0.717, 1.165) is 17.9 Å². The lowest BCUT2D eigenvalue weighted by Gasteiger charge is -2.15. The second-order valence-electron chi connectivity index (χ2n) is 5.48. The van der Waals surface area contributed by atoms with Crippen molar-refractivity contribution in [1.82, 2.24) is 5.32 Å². The van der Waals surface area contributed by atoms with Crippen molar-refractivity contribution >= 4 is 29.3 Å². The summed E-state index contributed by atoms with van der Waals surface area (Å²) in [6.07, 6.45) is 3.09. The quantitative estimate of drug-likeness (QED) is 0.679. The van der Waals surface area contributed by atoms with E-state index in [1.54, 1.807) is 11.8 Å². The Morgan fingerprint density at radius 3 is 2.41 bits per heavy atom. The Morgan fingerprint density at radius 2 is 1.86 bits per heavy atom. The summed E-state index contributed by atoms with van der Waals surface area (Å²) in [7, 11) is 0. The summed E-state index contributed by atoms with van der Waals surface area (Å²) in [6.45, 7) is 3.65. The number of hydrogen-bond donors (Lipinski definition) is 3. The molecule has 0 aliphatic rings. The summed E-state index contributed by atoms with van der Waals surface area (Å²) in [5.41, 5.74) is 7.67. The van der Waals surface area contributed by atoms with Gasteiger partial charge in [0.15, 0.2) is 0 Å². The van der Waals surface area contributed by atoms with Crippen LogP contribution in [0.4, 0.5) is 5.69 Å². The molecule has 1 rings (SSSR count). The van der Waals surface area contributed by atoms with E-state index >= 15 is 0 Å². The van der Waals surface area contributed by atoms with Crippen molar-refractivity contribution < 1.29 is 9.59 Å². The van der Waals surface area contributed by atoms with Gasteiger partial charge in [-0.2, -0.15) is 11.8 Å². The SMILES string of the molecule is CSCCc1ccc(NC(=O)CNC(=O)[C@@H](N)C(C)C)cc1. The predicted molar refractivity (Wildman–Crippen MR) is 93.0 cm³/mol. The molecule has 6 heteroatoms. The number of nitrogens with two attached hydrogens (primary N) is 1. The third kappa shape index (κ3) is 6.49. The Bertz CT molecular complexity index is 489. The van der Waals surface area contributed by atoms with Gasteiger partial charge in [-0.15, -0.1) is 0 Å². The van der Waals surface area contributed by atoms with E-state index in [1.165, 1.54) is 5.56 Å². The zero-order valence-electron chi connectivity index (χ0n) is 13.4. The highest BCUT2D eigenvalue weighted by atomic mass is 32.2. The first-order chi connectivity index (χ1) is 10.4. The number of thioether (sulfide) groups is 1. The van der Waals surface area contributed by atoms with E-state index in [0.29, 0.717) is 0 Å². The van der Waals surface area contributed by atoms with E-state index < -0.39 is 6.04 Å². The maximum atomic E-state index is 11.8. The highest BCUT2D eigenvalue weighted by molar-refractivity contribution is 7.98. The van der Waals surface area contributed by atoms with Gasteiger partial charge in [-0.1, -0.05) is 26.0 Å². The van der Waals surface area contributed by atoms with Crippen molar-refractivity contribution in [3.63, 3.8) is 0 Å². The highest BCUT2D eigenvalue weighted by Crippen LogP contribution is 2.11. The van der Waals surface area contributed by atoms with Crippen LogP contribution in [0.2, 0.25) is 0 Å². The van der Waals surface area contributed by atoms with Gasteiger partial charge in [0.05, 0.1) is 12.6 Å². The zero-order valence-corrected chi connectivity index (χ0v) is 14.2. The highest BCUT2D eigenvalue weighted by Gasteiger charge is 2.17. The van der Waals surface area contributed by atoms with Crippen molar-refractivity contribution in [3.05, 3.63) is 29.8 Å². The topological polar surface area (TPSA) is 84.2 Å². The molecule has 0 aliphatic heterocycles. The molecule has 2 amide bonds. The molecular formula is C16H25N3O2S. The Balaban J connectivity index is 2.40. The zero-order chi connectivity index (χ0) is 16.5. The fraction of sp³-hybridized carbons (Fsp3) is 0.500. The van der Waals surface area contributed by atoms with Gasteiger partial charge in [0, 0.05) is 5.69 Å². The number of carbonyl (C=O) groups is 2. The van der Waals surface area contributed by atoms with Gasteiger partial charge in [-0.25, -0.2) is 0 Å². The van der Waals surface area contributed by atoms with Gasteiger partial charge in [0.2, 0.25) is 11.8 Å². The summed E-state index contributed by atoms with van der Waals surface area (Å²) >= 11 is 1.80. The molecule has 0 aliphatic carbocycles. The largest absolute Gasteiger partial charge is 0.346 e. The van der Waals surface area contributed by atoms with Gasteiger partial charge in [-0.3, -0.25) is 9.59 Å². The molecule has 122 valence electrons. The summed E-state index contributed by atoms with van der Waals surface area (Å²) in [5.74, 6) is 0.545. The minimum atomic E-state index is -0.594. The monoisotopic (exact) mass is 323 g/mol. The molecular weight excluding hydrogens is 298 g/mol. The lowest BCUT2D eigenvalue weighted by atomic mass is 10.1. The molecule has 22 heavy (non-hydrogen) atoms. The summed E-state index contributed by atoms with van der Waals surface area (Å²) in [4.78, 5) is 23.5. The summed E-state index contributed by atoms with van der Waals surface area (Å²) in [5, 5.41) is 5.29. The lowest BCUT2D eigenvalue weighted by Crippen LogP contribution is -2.46. The lowest BCUT2D eigenvalue weighted by molar-refractivity contribution is -0.125. The number of carbonyl (C=O) groups excluding carboxylic acids is 2. The van der Waals surface area contributed by atoms with Crippen molar-refractivity contribution in [2.45, 2.75) is 26.3 Å². The van der Waals surface area contributed by atoms with Crippen LogP contribution < -0.4 is 16.4 Å². The Hall–Kier alpha value is -1.53. The van der Waals surface area contributed by atoms with Gasteiger partial charge in [0.1, 0.15) is 0 Å². The number of hydrogen-bond acceptors (Lipinski definition) is 4. The molecule has 0 saturated carbocycles. The first-order valence-electron chi connectivity index (χ1n) is 7.35. The molecule has 0 bridgehead atoms. The molecule has 5 nitrogen and oxygen atoms in total. The average molecular weight is 323 g/mol. The van der Waals surface area contributed by atoms with Crippen LogP contribution in [0.3, 0.4) is 0 Å². The molecule has 0 radical (unpaired) electrons. The second-order valence-corrected chi connectivity index (χ2v) is 6.46. The van der Waals surface area contributed by atoms with Crippen molar-refractivity contribution in [1.29, 1.82) is 0 Å². The maximum Gasteiger partial charge on any atom is 0.243 e. The summed E-state index contributed by atoms with van der Waals surface area (Å²) < 4.78 is 0. The van der Waals surface area contributed by atoms with Crippen LogP contribution in [0.1, 0.15) is 19.4 Å². The van der Waals surface area contributed by atoms with E-state index in [-0.39, 0.29) is 24.3 Å². The van der Waals surface area contributed by atoms with Crippen LogP contribution in [0.15, 0.2) is 24.3 Å². The van der Waals surface area contributed by atoms with Crippen molar-refractivity contribution in [2.24, 2.45) is 11.7 Å². The van der Waals surface area contributed by atoms with E-state index in [4.69, 9.17) is 5.73 Å². The van der Waals surface area contributed by atoms with Crippen LogP contribution in [-0.2, 0) is 16.0 Å². The molecule has 1 aromatic rings. The Morgan fingerprint density at radius 1 is 1.23 bits per heavy atom. The number of aryl methyl sites for hydroxylation is 1. The number of anilines is 1. The molecule has 0 unspecified atom stereocenters. The van der Waals surface area contributed by atoms with Crippen LogP contribution in [-0.4, -0.2) is 36.4 Å². The van der Waals surface area contributed by atoms with E-state index in [1.807, 2.05) is 38.1 Å². The van der Waals surface area contributed by atoms with Crippen molar-refractivity contribution in [3.8, 4) is 0 Å². The first-order valence-corrected chi connectivity index (χ1v) is 8.74. The number of amides is 2. The minimum Gasteiger partial charge on any atom is -0.346 e. The van der Waals surface area contributed by atoms with Gasteiger partial charge < -0.3 is 16.4 Å². The second kappa shape index (κ2) is 9.48. The van der Waals surface area contributed by atoms with E-state index in [2.05, 4.69) is 16.9 Å². The molecule has 4 N–H and O–H groups in total.